The van der Waals surface area contributed by atoms with E-state index < -0.39 is 8.56 Å². The van der Waals surface area contributed by atoms with E-state index in [1.54, 1.807) is 0 Å². The normalized spacial score (nSPS) is 12.0. The smallest absolute Gasteiger partial charge is 0.338 e. The van der Waals surface area contributed by atoms with E-state index in [9.17, 15) is 0 Å². The molecule has 104 valence electrons. The average molecular weight is 261 g/mol. The zero-order valence-corrected chi connectivity index (χ0v) is 13.0. The zero-order valence-electron chi connectivity index (χ0n) is 12.0. The molecular formula is C13H31NO2Si. The summed E-state index contributed by atoms with van der Waals surface area (Å²) in [5, 5.41) is 0. The lowest BCUT2D eigenvalue weighted by molar-refractivity contribution is 0.165. The Hall–Kier alpha value is 0.0969. The van der Waals surface area contributed by atoms with Crippen molar-refractivity contribution >= 4 is 8.56 Å². The van der Waals surface area contributed by atoms with Gasteiger partial charge in [-0.25, -0.2) is 0 Å². The Bertz CT molecular complexity index is 130. The molecule has 0 radical (unpaired) electrons. The zero-order chi connectivity index (χ0) is 13.0. The molecule has 0 atom stereocenters. The van der Waals surface area contributed by atoms with Gasteiger partial charge in [-0.3, -0.25) is 0 Å². The van der Waals surface area contributed by atoms with E-state index in [2.05, 4.69) is 20.8 Å². The van der Waals surface area contributed by atoms with Crippen molar-refractivity contribution in [1.82, 2.24) is 0 Å². The Balaban J connectivity index is 4.39. The highest BCUT2D eigenvalue weighted by Gasteiger charge is 2.35. The lowest BCUT2D eigenvalue weighted by Crippen LogP contribution is -2.43. The van der Waals surface area contributed by atoms with Gasteiger partial charge in [0, 0.05) is 13.2 Å². The van der Waals surface area contributed by atoms with Gasteiger partial charge in [-0.05, 0) is 37.9 Å². The molecule has 0 unspecified atom stereocenters. The number of unbranched alkanes of at least 4 members (excludes halogenated alkanes) is 1. The maximum Gasteiger partial charge on any atom is 0.338 e. The standard InChI is InChI=1S/C13H31NO2Si/c1-4-7-12-17(13-8-9-14,15-10-5-2)16-11-6-3/h4-14H2,1-3H3. The highest BCUT2D eigenvalue weighted by Crippen LogP contribution is 2.24. The summed E-state index contributed by atoms with van der Waals surface area (Å²) in [6.45, 7) is 8.95. The first-order chi connectivity index (χ1) is 8.24. The fourth-order valence-electron chi connectivity index (χ4n) is 1.85. The summed E-state index contributed by atoms with van der Waals surface area (Å²) in [5.41, 5.74) is 5.63. The molecule has 0 rings (SSSR count). The molecule has 17 heavy (non-hydrogen) atoms. The van der Waals surface area contributed by atoms with Crippen LogP contribution in [0.3, 0.4) is 0 Å². The van der Waals surface area contributed by atoms with Gasteiger partial charge in [-0.2, -0.15) is 0 Å². The van der Waals surface area contributed by atoms with Crippen molar-refractivity contribution in [2.45, 2.75) is 65.0 Å². The molecule has 4 heteroatoms. The highest BCUT2D eigenvalue weighted by molar-refractivity contribution is 6.67. The molecule has 0 aliphatic carbocycles. The Kier molecular flexibility index (Phi) is 11.3. The highest BCUT2D eigenvalue weighted by atomic mass is 28.4. The molecule has 0 spiro atoms. The third-order valence-corrected chi connectivity index (χ3v) is 6.50. The lowest BCUT2D eigenvalue weighted by Gasteiger charge is -2.31. The van der Waals surface area contributed by atoms with Gasteiger partial charge in [0.2, 0.25) is 0 Å². The van der Waals surface area contributed by atoms with Crippen molar-refractivity contribution in [2.24, 2.45) is 5.73 Å². The Morgan fingerprint density at radius 2 is 1.35 bits per heavy atom. The van der Waals surface area contributed by atoms with Crippen LogP contribution < -0.4 is 5.73 Å². The second-order valence-corrected chi connectivity index (χ2v) is 8.00. The molecule has 2 N–H and O–H groups in total. The van der Waals surface area contributed by atoms with Crippen LogP contribution in [-0.4, -0.2) is 28.3 Å². The summed E-state index contributed by atoms with van der Waals surface area (Å²) in [4.78, 5) is 0. The van der Waals surface area contributed by atoms with Crippen molar-refractivity contribution in [3.8, 4) is 0 Å². The van der Waals surface area contributed by atoms with Crippen LogP contribution in [0.15, 0.2) is 0 Å². The second kappa shape index (κ2) is 11.2. The number of hydrogen-bond acceptors (Lipinski definition) is 3. The van der Waals surface area contributed by atoms with Crippen molar-refractivity contribution in [3.63, 3.8) is 0 Å². The molecule has 0 amide bonds. The molecule has 0 aliphatic heterocycles. The van der Waals surface area contributed by atoms with Gasteiger partial charge in [0.1, 0.15) is 0 Å². The fourth-order valence-corrected chi connectivity index (χ4v) is 5.55. The van der Waals surface area contributed by atoms with Crippen molar-refractivity contribution in [1.29, 1.82) is 0 Å². The molecule has 3 nitrogen and oxygen atoms in total. The number of nitrogens with two attached hydrogens (primary N) is 1. The maximum atomic E-state index is 6.15. The van der Waals surface area contributed by atoms with Crippen molar-refractivity contribution in [2.75, 3.05) is 19.8 Å². The first-order valence-electron chi connectivity index (χ1n) is 7.22. The van der Waals surface area contributed by atoms with Crippen LogP contribution in [-0.2, 0) is 8.85 Å². The van der Waals surface area contributed by atoms with Gasteiger partial charge < -0.3 is 14.6 Å². The third kappa shape index (κ3) is 7.92. The summed E-state index contributed by atoms with van der Waals surface area (Å²) >= 11 is 0. The topological polar surface area (TPSA) is 44.5 Å². The summed E-state index contributed by atoms with van der Waals surface area (Å²) in [6.07, 6.45) is 5.59. The van der Waals surface area contributed by atoms with Gasteiger partial charge in [0.05, 0.1) is 0 Å². The van der Waals surface area contributed by atoms with E-state index in [0.29, 0.717) is 0 Å². The van der Waals surface area contributed by atoms with Crippen LogP contribution in [0.5, 0.6) is 0 Å². The summed E-state index contributed by atoms with van der Waals surface area (Å²) in [7, 11) is -1.96. The molecule has 0 aliphatic rings. The quantitative estimate of drug-likeness (QED) is 0.547. The predicted octanol–water partition coefficient (Wildman–Crippen LogP) is 3.43. The Morgan fingerprint density at radius 1 is 0.824 bits per heavy atom. The molecule has 0 heterocycles. The molecule has 0 bridgehead atoms. The van der Waals surface area contributed by atoms with Gasteiger partial charge in [0.15, 0.2) is 0 Å². The lowest BCUT2D eigenvalue weighted by atomic mass is 10.4. The molecule has 0 saturated heterocycles. The SMILES string of the molecule is CCCC[Si](CCCN)(OCCC)OCCC. The summed E-state index contributed by atoms with van der Waals surface area (Å²) in [6, 6.07) is 2.19. The minimum atomic E-state index is -1.96. The second-order valence-electron chi connectivity index (χ2n) is 4.60. The van der Waals surface area contributed by atoms with Gasteiger partial charge >= 0.3 is 8.56 Å². The van der Waals surface area contributed by atoms with E-state index >= 15 is 0 Å². The first-order valence-corrected chi connectivity index (χ1v) is 9.45. The van der Waals surface area contributed by atoms with Crippen LogP contribution >= 0.6 is 0 Å². The predicted molar refractivity (Wildman–Crippen MR) is 76.4 cm³/mol. The van der Waals surface area contributed by atoms with Gasteiger partial charge in [-0.1, -0.05) is 33.6 Å². The van der Waals surface area contributed by atoms with Crippen LogP contribution in [0.4, 0.5) is 0 Å². The van der Waals surface area contributed by atoms with Crippen LogP contribution in [0.25, 0.3) is 0 Å². The van der Waals surface area contributed by atoms with E-state index in [0.717, 1.165) is 51.1 Å². The van der Waals surface area contributed by atoms with Crippen LogP contribution in [0, 0.1) is 0 Å². The molecule has 0 aromatic rings. The largest absolute Gasteiger partial charge is 0.394 e. The summed E-state index contributed by atoms with van der Waals surface area (Å²) < 4.78 is 12.3. The number of hydrogen-bond donors (Lipinski definition) is 1. The Morgan fingerprint density at radius 3 is 1.76 bits per heavy atom. The van der Waals surface area contributed by atoms with Gasteiger partial charge in [0.25, 0.3) is 0 Å². The van der Waals surface area contributed by atoms with Gasteiger partial charge in [-0.15, -0.1) is 0 Å². The fraction of sp³-hybridized carbons (Fsp3) is 1.00. The maximum absolute atomic E-state index is 6.15. The van der Waals surface area contributed by atoms with Crippen LogP contribution in [0.2, 0.25) is 12.1 Å². The molecule has 0 aromatic heterocycles. The van der Waals surface area contributed by atoms with E-state index in [4.69, 9.17) is 14.6 Å². The van der Waals surface area contributed by atoms with E-state index in [1.807, 2.05) is 0 Å². The minimum Gasteiger partial charge on any atom is -0.394 e. The molecule has 0 fully saturated rings. The number of rotatable bonds is 12. The van der Waals surface area contributed by atoms with Crippen molar-refractivity contribution in [3.05, 3.63) is 0 Å². The average Bonchev–Trinajstić information content (AvgIpc) is 2.37. The Labute approximate surface area is 108 Å². The monoisotopic (exact) mass is 261 g/mol. The summed E-state index contributed by atoms with van der Waals surface area (Å²) in [5.74, 6) is 0. The molecule has 0 aromatic carbocycles. The molecular weight excluding hydrogens is 230 g/mol. The third-order valence-electron chi connectivity index (χ3n) is 2.81. The van der Waals surface area contributed by atoms with Crippen LogP contribution in [0.1, 0.15) is 52.9 Å². The minimum absolute atomic E-state index is 0.742. The molecule has 0 saturated carbocycles. The van der Waals surface area contributed by atoms with Crippen molar-refractivity contribution < 1.29 is 8.85 Å². The van der Waals surface area contributed by atoms with E-state index in [1.165, 1.54) is 12.8 Å². The van der Waals surface area contributed by atoms with E-state index in [-0.39, 0.29) is 0 Å². The first kappa shape index (κ1) is 17.1.